The third kappa shape index (κ3) is 4.59. The van der Waals surface area contributed by atoms with Gasteiger partial charge in [-0.3, -0.25) is 9.69 Å². The summed E-state index contributed by atoms with van der Waals surface area (Å²) in [6, 6.07) is 3.83. The Morgan fingerprint density at radius 3 is 2.20 bits per heavy atom. The van der Waals surface area contributed by atoms with E-state index < -0.39 is 10.0 Å². The van der Waals surface area contributed by atoms with Crippen molar-refractivity contribution in [1.29, 1.82) is 0 Å². The fraction of sp³-hybridized carbons (Fsp3) is 0.611. The molecule has 1 fully saturated rings. The molecule has 6 nitrogen and oxygen atoms in total. The lowest BCUT2D eigenvalue weighted by molar-refractivity contribution is -0.129. The standard InChI is InChI=1S/C18H29N3O3S/c1-14-11-15(2)18(16(3)12-14)25(23,24)21-8-6-7-20(9-10-21)13-17(22)19(4)5/h11-12H,6-10,13H2,1-5H3. The lowest BCUT2D eigenvalue weighted by Gasteiger charge is -2.24. The van der Waals surface area contributed by atoms with E-state index in [9.17, 15) is 13.2 Å². The van der Waals surface area contributed by atoms with Gasteiger partial charge in [-0.15, -0.1) is 0 Å². The normalized spacial score (nSPS) is 17.3. The third-order valence-corrected chi connectivity index (χ3v) is 6.81. The Morgan fingerprint density at radius 1 is 1.04 bits per heavy atom. The average Bonchev–Trinajstić information content (AvgIpc) is 2.71. The number of sulfonamides is 1. The van der Waals surface area contributed by atoms with Gasteiger partial charge in [-0.25, -0.2) is 8.42 Å². The minimum atomic E-state index is -3.52. The molecule has 0 atom stereocenters. The van der Waals surface area contributed by atoms with E-state index in [1.807, 2.05) is 37.8 Å². The fourth-order valence-electron chi connectivity index (χ4n) is 3.38. The fourth-order valence-corrected chi connectivity index (χ4v) is 5.26. The Hall–Kier alpha value is -1.44. The predicted octanol–water partition coefficient (Wildman–Crippen LogP) is 1.40. The first-order valence-electron chi connectivity index (χ1n) is 8.63. The van der Waals surface area contributed by atoms with Gasteiger partial charge in [-0.05, 0) is 44.9 Å². The molecule has 0 spiro atoms. The molecule has 0 radical (unpaired) electrons. The van der Waals surface area contributed by atoms with Gasteiger partial charge >= 0.3 is 0 Å². The highest BCUT2D eigenvalue weighted by atomic mass is 32.2. The SMILES string of the molecule is Cc1cc(C)c(S(=O)(=O)N2CCCN(CC(=O)N(C)C)CC2)c(C)c1. The quantitative estimate of drug-likeness (QED) is 0.807. The van der Waals surface area contributed by atoms with Gasteiger partial charge in [0.15, 0.2) is 0 Å². The molecule has 1 amide bonds. The van der Waals surface area contributed by atoms with Gasteiger partial charge < -0.3 is 4.90 Å². The molecule has 2 rings (SSSR count). The molecule has 0 saturated carbocycles. The average molecular weight is 368 g/mol. The monoisotopic (exact) mass is 367 g/mol. The van der Waals surface area contributed by atoms with Crippen molar-refractivity contribution in [2.45, 2.75) is 32.1 Å². The smallest absolute Gasteiger partial charge is 0.243 e. The molecular formula is C18H29N3O3S. The zero-order valence-electron chi connectivity index (χ0n) is 15.9. The Morgan fingerprint density at radius 2 is 1.64 bits per heavy atom. The van der Waals surface area contributed by atoms with Crippen LogP contribution in [0.5, 0.6) is 0 Å². The van der Waals surface area contributed by atoms with E-state index in [4.69, 9.17) is 0 Å². The second kappa shape index (κ2) is 7.85. The van der Waals surface area contributed by atoms with Gasteiger partial charge in [0.25, 0.3) is 0 Å². The Balaban J connectivity index is 2.18. The van der Waals surface area contributed by atoms with Crippen LogP contribution in [0.15, 0.2) is 17.0 Å². The highest BCUT2D eigenvalue weighted by Crippen LogP contribution is 2.26. The first-order chi connectivity index (χ1) is 11.6. The second-order valence-corrected chi connectivity index (χ2v) is 8.92. The number of nitrogens with zero attached hydrogens (tertiary/aromatic N) is 3. The van der Waals surface area contributed by atoms with Crippen LogP contribution in [-0.4, -0.2) is 75.2 Å². The predicted molar refractivity (Wildman–Crippen MR) is 99.2 cm³/mol. The summed E-state index contributed by atoms with van der Waals surface area (Å²) in [6.45, 7) is 8.22. The van der Waals surface area contributed by atoms with E-state index >= 15 is 0 Å². The molecule has 1 aliphatic heterocycles. The zero-order valence-corrected chi connectivity index (χ0v) is 16.7. The molecule has 1 aromatic carbocycles. The molecule has 0 aliphatic carbocycles. The number of benzene rings is 1. The molecule has 25 heavy (non-hydrogen) atoms. The van der Waals surface area contributed by atoms with Crippen LogP contribution in [0.25, 0.3) is 0 Å². The molecule has 140 valence electrons. The summed E-state index contributed by atoms with van der Waals surface area (Å²) in [6.07, 6.45) is 0.726. The van der Waals surface area contributed by atoms with Crippen molar-refractivity contribution >= 4 is 15.9 Å². The van der Waals surface area contributed by atoms with Crippen LogP contribution in [0.1, 0.15) is 23.1 Å². The van der Waals surface area contributed by atoms with E-state index in [-0.39, 0.29) is 5.91 Å². The van der Waals surface area contributed by atoms with Crippen molar-refractivity contribution in [2.24, 2.45) is 0 Å². The minimum absolute atomic E-state index is 0.0431. The van der Waals surface area contributed by atoms with Crippen LogP contribution in [-0.2, 0) is 14.8 Å². The molecule has 1 aliphatic rings. The lowest BCUT2D eigenvalue weighted by Crippen LogP contribution is -2.39. The van der Waals surface area contributed by atoms with Crippen LogP contribution >= 0.6 is 0 Å². The molecule has 0 unspecified atom stereocenters. The molecule has 1 aromatic rings. The molecule has 1 heterocycles. The van der Waals surface area contributed by atoms with Crippen molar-refractivity contribution in [3.8, 4) is 0 Å². The second-order valence-electron chi connectivity index (χ2n) is 7.05. The number of rotatable bonds is 4. The zero-order chi connectivity index (χ0) is 18.8. The number of carbonyl (C=O) groups excluding carboxylic acids is 1. The highest BCUT2D eigenvalue weighted by Gasteiger charge is 2.30. The van der Waals surface area contributed by atoms with Gasteiger partial charge in [0.2, 0.25) is 15.9 Å². The van der Waals surface area contributed by atoms with Crippen LogP contribution in [0.2, 0.25) is 0 Å². The van der Waals surface area contributed by atoms with Crippen LogP contribution in [0.4, 0.5) is 0 Å². The van der Waals surface area contributed by atoms with Crippen molar-refractivity contribution < 1.29 is 13.2 Å². The Kier molecular flexibility index (Phi) is 6.24. The maximum atomic E-state index is 13.2. The Labute approximate surface area is 151 Å². The number of carbonyl (C=O) groups is 1. The van der Waals surface area contributed by atoms with E-state index in [1.54, 1.807) is 23.3 Å². The number of amides is 1. The van der Waals surface area contributed by atoms with Gasteiger partial charge in [-0.1, -0.05) is 17.7 Å². The largest absolute Gasteiger partial charge is 0.348 e. The molecular weight excluding hydrogens is 338 g/mol. The summed E-state index contributed by atoms with van der Waals surface area (Å²) in [5, 5.41) is 0. The van der Waals surface area contributed by atoms with Crippen molar-refractivity contribution in [3.05, 3.63) is 28.8 Å². The summed E-state index contributed by atoms with van der Waals surface area (Å²) < 4.78 is 27.9. The van der Waals surface area contributed by atoms with Gasteiger partial charge in [0.1, 0.15) is 0 Å². The molecule has 0 aromatic heterocycles. The maximum Gasteiger partial charge on any atom is 0.243 e. The van der Waals surface area contributed by atoms with Crippen LogP contribution in [0.3, 0.4) is 0 Å². The van der Waals surface area contributed by atoms with Crippen LogP contribution in [0, 0.1) is 20.8 Å². The van der Waals surface area contributed by atoms with Crippen molar-refractivity contribution in [3.63, 3.8) is 0 Å². The van der Waals surface area contributed by atoms with Crippen molar-refractivity contribution in [1.82, 2.24) is 14.1 Å². The summed E-state index contributed by atoms with van der Waals surface area (Å²) in [5.74, 6) is 0.0431. The number of hydrogen-bond donors (Lipinski definition) is 0. The Bertz CT molecular complexity index is 721. The summed E-state index contributed by atoms with van der Waals surface area (Å²) >= 11 is 0. The van der Waals surface area contributed by atoms with E-state index in [0.717, 1.165) is 29.7 Å². The first kappa shape index (κ1) is 19.9. The topological polar surface area (TPSA) is 60.9 Å². The highest BCUT2D eigenvalue weighted by molar-refractivity contribution is 7.89. The molecule has 0 bridgehead atoms. The van der Waals surface area contributed by atoms with Gasteiger partial charge in [0, 0.05) is 33.7 Å². The number of likely N-dealkylation sites (N-methyl/N-ethyl adjacent to an activating group) is 1. The molecule has 0 N–H and O–H groups in total. The number of aryl methyl sites for hydroxylation is 3. The summed E-state index contributed by atoms with van der Waals surface area (Å²) in [4.78, 5) is 15.9. The summed E-state index contributed by atoms with van der Waals surface area (Å²) in [5.41, 5.74) is 2.65. The van der Waals surface area contributed by atoms with E-state index in [2.05, 4.69) is 0 Å². The summed E-state index contributed by atoms with van der Waals surface area (Å²) in [7, 11) is -0.0484. The van der Waals surface area contributed by atoms with E-state index in [0.29, 0.717) is 31.1 Å². The molecule has 1 saturated heterocycles. The maximum absolute atomic E-state index is 13.2. The molecule has 7 heteroatoms. The lowest BCUT2D eigenvalue weighted by atomic mass is 10.1. The van der Waals surface area contributed by atoms with Gasteiger partial charge in [-0.2, -0.15) is 4.31 Å². The number of hydrogen-bond acceptors (Lipinski definition) is 4. The van der Waals surface area contributed by atoms with E-state index in [1.165, 1.54) is 0 Å². The van der Waals surface area contributed by atoms with Crippen LogP contribution < -0.4 is 0 Å². The minimum Gasteiger partial charge on any atom is -0.348 e. The first-order valence-corrected chi connectivity index (χ1v) is 10.1. The van der Waals surface area contributed by atoms with Crippen molar-refractivity contribution in [2.75, 3.05) is 46.8 Å². The third-order valence-electron chi connectivity index (χ3n) is 4.61. The van der Waals surface area contributed by atoms with Gasteiger partial charge in [0.05, 0.1) is 11.4 Å².